The molecule has 1 aliphatic rings. The summed E-state index contributed by atoms with van der Waals surface area (Å²) in [6.45, 7) is 0. The van der Waals surface area contributed by atoms with E-state index in [2.05, 4.69) is 9.24 Å². The van der Waals surface area contributed by atoms with Gasteiger partial charge in [0.25, 0.3) is 0 Å². The van der Waals surface area contributed by atoms with Gasteiger partial charge in [-0.1, -0.05) is 12.2 Å². The van der Waals surface area contributed by atoms with Gasteiger partial charge < -0.3 is 0 Å². The minimum absolute atomic E-state index is 0.331. The minimum Gasteiger partial charge on any atom is -0.212 e. The van der Waals surface area contributed by atoms with Crippen LogP contribution in [0, 0.1) is 0 Å². The molecule has 0 fully saturated rings. The summed E-state index contributed by atoms with van der Waals surface area (Å²) in [7, 11) is 2.61. The molecule has 0 aromatic heterocycles. The summed E-state index contributed by atoms with van der Waals surface area (Å²) < 4.78 is 10.2. The fourth-order valence-electron chi connectivity index (χ4n) is 0.664. The highest BCUT2D eigenvalue weighted by Crippen LogP contribution is 2.13. The molecule has 3 heteroatoms. The first-order valence-corrected chi connectivity index (χ1v) is 3.83. The topological polar surface area (TPSA) is 17.1 Å². The Morgan fingerprint density at radius 2 is 2.62 bits per heavy atom. The van der Waals surface area contributed by atoms with Crippen LogP contribution in [-0.4, -0.2) is 14.7 Å². The fourth-order valence-corrected chi connectivity index (χ4v) is 1.48. The lowest BCUT2D eigenvalue weighted by molar-refractivity contribution is 0.700. The van der Waals surface area contributed by atoms with Crippen molar-refractivity contribution < 1.29 is 4.21 Å². The van der Waals surface area contributed by atoms with E-state index in [1.807, 2.05) is 12.2 Å². The van der Waals surface area contributed by atoms with Gasteiger partial charge in [0.1, 0.15) is 0 Å². The SMILES string of the molecule is O=S=C1CC=CC1P. The van der Waals surface area contributed by atoms with Crippen LogP contribution >= 0.6 is 9.24 Å². The molecule has 1 rings (SSSR count). The third kappa shape index (κ3) is 1.07. The molecule has 1 nitrogen and oxygen atoms in total. The van der Waals surface area contributed by atoms with Gasteiger partial charge in [0, 0.05) is 10.5 Å². The molecule has 0 heterocycles. The third-order valence-electron chi connectivity index (χ3n) is 1.14. The van der Waals surface area contributed by atoms with Gasteiger partial charge in [-0.3, -0.25) is 0 Å². The van der Waals surface area contributed by atoms with Gasteiger partial charge in [-0.15, -0.1) is 9.24 Å². The molecule has 44 valence electrons. The molecule has 1 aliphatic carbocycles. The highest BCUT2D eigenvalue weighted by molar-refractivity contribution is 7.67. The molecule has 0 spiro atoms. The average molecular weight is 146 g/mol. The van der Waals surface area contributed by atoms with E-state index in [0.29, 0.717) is 16.9 Å². The van der Waals surface area contributed by atoms with Crippen molar-refractivity contribution in [3.05, 3.63) is 12.2 Å². The Kier molecular flexibility index (Phi) is 1.98. The largest absolute Gasteiger partial charge is 0.212 e. The van der Waals surface area contributed by atoms with E-state index >= 15 is 0 Å². The molecular formula is C5H7OPS. The van der Waals surface area contributed by atoms with Gasteiger partial charge >= 0.3 is 0 Å². The van der Waals surface area contributed by atoms with Crippen molar-refractivity contribution in [2.24, 2.45) is 0 Å². The Balaban J connectivity index is 2.79. The molecule has 2 unspecified atom stereocenters. The average Bonchev–Trinajstić information content (AvgIpc) is 2.14. The maximum atomic E-state index is 10.2. The fraction of sp³-hybridized carbons (Fsp3) is 0.400. The molecule has 0 amide bonds. The first kappa shape index (κ1) is 6.18. The summed E-state index contributed by atoms with van der Waals surface area (Å²) in [5.74, 6) is 0. The van der Waals surface area contributed by atoms with Gasteiger partial charge in [-0.05, 0) is 6.42 Å². The van der Waals surface area contributed by atoms with Gasteiger partial charge in [0.2, 0.25) is 0 Å². The van der Waals surface area contributed by atoms with Crippen LogP contribution in [0.15, 0.2) is 12.2 Å². The summed E-state index contributed by atoms with van der Waals surface area (Å²) in [5, 5.41) is 0. The zero-order valence-corrected chi connectivity index (χ0v) is 6.30. The highest BCUT2D eigenvalue weighted by Gasteiger charge is 2.09. The van der Waals surface area contributed by atoms with E-state index in [0.717, 1.165) is 11.3 Å². The van der Waals surface area contributed by atoms with Crippen molar-refractivity contribution in [3.63, 3.8) is 0 Å². The van der Waals surface area contributed by atoms with Crippen LogP contribution in [0.4, 0.5) is 0 Å². The predicted molar refractivity (Wildman–Crippen MR) is 40.4 cm³/mol. The molecule has 0 N–H and O–H groups in total. The predicted octanol–water partition coefficient (Wildman–Crippen LogP) is 0.575. The van der Waals surface area contributed by atoms with Crippen LogP contribution in [0.3, 0.4) is 0 Å². The van der Waals surface area contributed by atoms with Gasteiger partial charge in [0.15, 0.2) is 0 Å². The van der Waals surface area contributed by atoms with Crippen LogP contribution in [-0.2, 0) is 11.3 Å². The first-order valence-electron chi connectivity index (χ1n) is 2.42. The molecule has 0 saturated carbocycles. The summed E-state index contributed by atoms with van der Waals surface area (Å²) in [4.78, 5) is 1.01. The smallest absolute Gasteiger partial charge is 0.0889 e. The van der Waals surface area contributed by atoms with Crippen LogP contribution in [0.25, 0.3) is 0 Å². The molecule has 0 saturated heterocycles. The molecular weight excluding hydrogens is 139 g/mol. The lowest BCUT2D eigenvalue weighted by Crippen LogP contribution is -2.03. The van der Waals surface area contributed by atoms with E-state index in [1.165, 1.54) is 0 Å². The standard InChI is InChI=1S/C5H7OPS/c6-8-5-3-1-2-4(5)7/h1-2,4H,3,7H2. The Morgan fingerprint density at radius 1 is 1.88 bits per heavy atom. The summed E-state index contributed by atoms with van der Waals surface area (Å²) in [6, 6.07) is 0. The Labute approximate surface area is 54.4 Å². The molecule has 0 radical (unpaired) electrons. The monoisotopic (exact) mass is 146 g/mol. The molecule has 0 aromatic carbocycles. The molecule has 2 atom stereocenters. The van der Waals surface area contributed by atoms with Crippen molar-refractivity contribution in [1.82, 2.24) is 0 Å². The van der Waals surface area contributed by atoms with Crippen molar-refractivity contribution in [1.29, 1.82) is 0 Å². The van der Waals surface area contributed by atoms with Gasteiger partial charge in [0.05, 0.1) is 11.3 Å². The number of hydrogen-bond donors (Lipinski definition) is 0. The Bertz CT molecular complexity index is 169. The first-order chi connectivity index (χ1) is 3.84. The number of hydrogen-bond acceptors (Lipinski definition) is 1. The zero-order chi connectivity index (χ0) is 5.98. The van der Waals surface area contributed by atoms with Crippen LogP contribution < -0.4 is 0 Å². The van der Waals surface area contributed by atoms with Crippen LogP contribution in [0.5, 0.6) is 0 Å². The molecule has 8 heavy (non-hydrogen) atoms. The third-order valence-corrected chi connectivity index (χ3v) is 2.66. The summed E-state index contributed by atoms with van der Waals surface area (Å²) in [5.41, 5.74) is 0.331. The number of allylic oxidation sites excluding steroid dienone is 2. The maximum absolute atomic E-state index is 10.2. The van der Waals surface area contributed by atoms with Crippen molar-refractivity contribution in [2.75, 3.05) is 0 Å². The summed E-state index contributed by atoms with van der Waals surface area (Å²) >= 11 is 0.624. The molecule has 0 bridgehead atoms. The van der Waals surface area contributed by atoms with E-state index in [-0.39, 0.29) is 0 Å². The van der Waals surface area contributed by atoms with Crippen molar-refractivity contribution in [3.8, 4) is 0 Å². The van der Waals surface area contributed by atoms with Crippen molar-refractivity contribution >= 4 is 25.4 Å². The Hall–Kier alpha value is 0.0600. The number of rotatable bonds is 0. The van der Waals surface area contributed by atoms with Crippen LogP contribution in [0.1, 0.15) is 6.42 Å². The lowest BCUT2D eigenvalue weighted by Gasteiger charge is -1.93. The quantitative estimate of drug-likeness (QED) is 0.277. The Morgan fingerprint density at radius 3 is 2.88 bits per heavy atom. The van der Waals surface area contributed by atoms with Gasteiger partial charge in [-0.2, -0.15) is 0 Å². The van der Waals surface area contributed by atoms with Gasteiger partial charge in [-0.25, -0.2) is 4.21 Å². The normalized spacial score (nSPS) is 26.6. The molecule has 0 aliphatic heterocycles. The van der Waals surface area contributed by atoms with E-state index in [9.17, 15) is 4.21 Å². The zero-order valence-electron chi connectivity index (χ0n) is 4.33. The van der Waals surface area contributed by atoms with Crippen molar-refractivity contribution in [2.45, 2.75) is 12.1 Å². The summed E-state index contributed by atoms with van der Waals surface area (Å²) in [6.07, 6.45) is 4.92. The second-order valence-electron chi connectivity index (χ2n) is 1.71. The maximum Gasteiger partial charge on any atom is 0.0889 e. The van der Waals surface area contributed by atoms with E-state index in [4.69, 9.17) is 0 Å². The minimum atomic E-state index is 0.331. The highest BCUT2D eigenvalue weighted by atomic mass is 32.1. The van der Waals surface area contributed by atoms with Crippen LogP contribution in [0.2, 0.25) is 0 Å². The van der Waals surface area contributed by atoms with E-state index < -0.39 is 0 Å². The second-order valence-corrected chi connectivity index (χ2v) is 3.12. The second kappa shape index (κ2) is 2.56. The van der Waals surface area contributed by atoms with E-state index in [1.54, 1.807) is 0 Å². The lowest BCUT2D eigenvalue weighted by atomic mass is 10.3. The molecule has 0 aromatic rings.